The molecule has 1 aliphatic rings. The Morgan fingerprint density at radius 3 is 2.62 bits per heavy atom. The Morgan fingerprint density at radius 2 is 2.10 bits per heavy atom. The van der Waals surface area contributed by atoms with Gasteiger partial charge in [0.2, 0.25) is 10.0 Å². The number of nitrogens with zero attached hydrogens (tertiary/aromatic N) is 1. The summed E-state index contributed by atoms with van der Waals surface area (Å²) in [7, 11) is -3.71. The van der Waals surface area contributed by atoms with Crippen LogP contribution in [-0.2, 0) is 10.0 Å². The zero-order chi connectivity index (χ0) is 15.6. The summed E-state index contributed by atoms with van der Waals surface area (Å²) >= 11 is 0. The molecule has 1 aromatic rings. The Balaban J connectivity index is 2.26. The van der Waals surface area contributed by atoms with Gasteiger partial charge >= 0.3 is 0 Å². The lowest BCUT2D eigenvalue weighted by atomic mass is 10.1. The van der Waals surface area contributed by atoms with E-state index in [0.717, 1.165) is 25.3 Å². The standard InChI is InChI=1S/C12H18N4O4S/c1-8-2-3-9(6-8)15-21(19,20)10-4-5-12(16(17)18)11(7-10)14-13/h4-5,7-9,14-15H,2-3,6,13H2,1H3. The Labute approximate surface area is 122 Å². The second kappa shape index (κ2) is 5.96. The molecular weight excluding hydrogens is 296 g/mol. The average Bonchev–Trinajstić information content (AvgIpc) is 2.82. The van der Waals surface area contributed by atoms with E-state index in [1.54, 1.807) is 0 Å². The minimum Gasteiger partial charge on any atom is -0.318 e. The number of nitrogens with two attached hydrogens (primary N) is 1. The van der Waals surface area contributed by atoms with Gasteiger partial charge in [-0.05, 0) is 37.3 Å². The molecule has 9 heteroatoms. The van der Waals surface area contributed by atoms with Crippen molar-refractivity contribution < 1.29 is 13.3 Å². The number of benzene rings is 1. The van der Waals surface area contributed by atoms with Crippen LogP contribution in [0.2, 0.25) is 0 Å². The molecule has 1 aromatic carbocycles. The van der Waals surface area contributed by atoms with Crippen molar-refractivity contribution in [1.29, 1.82) is 0 Å². The van der Waals surface area contributed by atoms with Gasteiger partial charge < -0.3 is 5.43 Å². The van der Waals surface area contributed by atoms with E-state index in [4.69, 9.17) is 5.84 Å². The molecule has 0 bridgehead atoms. The van der Waals surface area contributed by atoms with E-state index < -0.39 is 14.9 Å². The van der Waals surface area contributed by atoms with Crippen LogP contribution in [0.15, 0.2) is 23.1 Å². The van der Waals surface area contributed by atoms with E-state index in [2.05, 4.69) is 17.1 Å². The van der Waals surface area contributed by atoms with Crippen LogP contribution in [0.25, 0.3) is 0 Å². The molecular formula is C12H18N4O4S. The van der Waals surface area contributed by atoms with Gasteiger partial charge in [0.15, 0.2) is 0 Å². The molecule has 0 spiro atoms. The highest BCUT2D eigenvalue weighted by Gasteiger charge is 2.27. The Bertz CT molecular complexity index is 647. The fourth-order valence-electron chi connectivity index (χ4n) is 2.56. The van der Waals surface area contributed by atoms with Crippen LogP contribution in [0, 0.1) is 16.0 Å². The smallest absolute Gasteiger partial charge is 0.293 e. The Morgan fingerprint density at radius 1 is 1.38 bits per heavy atom. The fraction of sp³-hybridized carbons (Fsp3) is 0.500. The van der Waals surface area contributed by atoms with Crippen LogP contribution in [0.3, 0.4) is 0 Å². The molecule has 1 aliphatic carbocycles. The summed E-state index contributed by atoms with van der Waals surface area (Å²) in [6.45, 7) is 2.08. The summed E-state index contributed by atoms with van der Waals surface area (Å²) in [4.78, 5) is 10.1. The number of sulfonamides is 1. The molecule has 0 saturated heterocycles. The molecule has 1 saturated carbocycles. The zero-order valence-corrected chi connectivity index (χ0v) is 12.4. The molecule has 0 aromatic heterocycles. The van der Waals surface area contributed by atoms with Gasteiger partial charge in [-0.1, -0.05) is 6.92 Å². The molecule has 1 fully saturated rings. The number of nitrogen functional groups attached to an aromatic ring is 1. The van der Waals surface area contributed by atoms with Crippen LogP contribution < -0.4 is 16.0 Å². The molecule has 0 radical (unpaired) electrons. The van der Waals surface area contributed by atoms with Crippen molar-refractivity contribution in [3.63, 3.8) is 0 Å². The van der Waals surface area contributed by atoms with Gasteiger partial charge in [-0.15, -0.1) is 0 Å². The van der Waals surface area contributed by atoms with Crippen LogP contribution in [-0.4, -0.2) is 19.4 Å². The molecule has 2 unspecified atom stereocenters. The van der Waals surface area contributed by atoms with Crippen molar-refractivity contribution in [2.45, 2.75) is 37.1 Å². The number of nitro benzene ring substituents is 1. The van der Waals surface area contributed by atoms with Gasteiger partial charge in [0.1, 0.15) is 5.69 Å². The lowest BCUT2D eigenvalue weighted by Gasteiger charge is -2.13. The summed E-state index contributed by atoms with van der Waals surface area (Å²) in [5.74, 6) is 5.71. The van der Waals surface area contributed by atoms with E-state index in [-0.39, 0.29) is 22.3 Å². The van der Waals surface area contributed by atoms with Gasteiger partial charge in [0.25, 0.3) is 5.69 Å². The predicted octanol–water partition coefficient (Wildman–Crippen LogP) is 1.35. The molecule has 2 rings (SSSR count). The topological polar surface area (TPSA) is 127 Å². The van der Waals surface area contributed by atoms with E-state index >= 15 is 0 Å². The van der Waals surface area contributed by atoms with Gasteiger partial charge in [0, 0.05) is 12.1 Å². The highest BCUT2D eigenvalue weighted by atomic mass is 32.2. The van der Waals surface area contributed by atoms with Gasteiger partial charge in [0.05, 0.1) is 9.82 Å². The van der Waals surface area contributed by atoms with Crippen molar-refractivity contribution in [1.82, 2.24) is 4.72 Å². The third-order valence-electron chi connectivity index (χ3n) is 3.65. The molecule has 0 aliphatic heterocycles. The van der Waals surface area contributed by atoms with Crippen molar-refractivity contribution >= 4 is 21.4 Å². The molecule has 8 nitrogen and oxygen atoms in total. The second-order valence-corrected chi connectivity index (χ2v) is 7.03. The number of rotatable bonds is 5. The van der Waals surface area contributed by atoms with E-state index in [0.29, 0.717) is 5.92 Å². The fourth-order valence-corrected chi connectivity index (χ4v) is 3.87. The highest BCUT2D eigenvalue weighted by Crippen LogP contribution is 2.29. The minimum atomic E-state index is -3.71. The van der Waals surface area contributed by atoms with Crippen LogP contribution in [0.1, 0.15) is 26.2 Å². The normalized spacial score (nSPS) is 22.2. The predicted molar refractivity (Wildman–Crippen MR) is 78.0 cm³/mol. The Hall–Kier alpha value is -1.71. The van der Waals surface area contributed by atoms with Crippen molar-refractivity contribution in [3.05, 3.63) is 28.3 Å². The highest BCUT2D eigenvalue weighted by molar-refractivity contribution is 7.89. The first-order valence-corrected chi connectivity index (χ1v) is 8.09. The maximum Gasteiger partial charge on any atom is 0.293 e. The van der Waals surface area contributed by atoms with Crippen molar-refractivity contribution in [3.8, 4) is 0 Å². The quantitative estimate of drug-likeness (QED) is 0.427. The number of nitro groups is 1. The van der Waals surface area contributed by atoms with Gasteiger partial charge in [-0.3, -0.25) is 16.0 Å². The molecule has 0 heterocycles. The average molecular weight is 314 g/mol. The van der Waals surface area contributed by atoms with Crippen LogP contribution in [0.4, 0.5) is 11.4 Å². The summed E-state index contributed by atoms with van der Waals surface area (Å²) in [5.41, 5.74) is 1.84. The number of anilines is 1. The van der Waals surface area contributed by atoms with Gasteiger partial charge in [-0.25, -0.2) is 13.1 Å². The maximum absolute atomic E-state index is 12.3. The number of hydrogen-bond donors (Lipinski definition) is 3. The lowest BCUT2D eigenvalue weighted by molar-refractivity contribution is -0.384. The summed E-state index contributed by atoms with van der Waals surface area (Å²) in [6.07, 6.45) is 2.59. The number of hydrogen-bond acceptors (Lipinski definition) is 6. The zero-order valence-electron chi connectivity index (χ0n) is 11.6. The molecule has 4 N–H and O–H groups in total. The first kappa shape index (κ1) is 15.7. The second-order valence-electron chi connectivity index (χ2n) is 5.32. The third kappa shape index (κ3) is 3.49. The summed E-state index contributed by atoms with van der Waals surface area (Å²) in [6, 6.07) is 3.41. The summed E-state index contributed by atoms with van der Waals surface area (Å²) in [5, 5.41) is 10.8. The molecule has 116 valence electrons. The van der Waals surface area contributed by atoms with Crippen LogP contribution in [0.5, 0.6) is 0 Å². The lowest BCUT2D eigenvalue weighted by Crippen LogP contribution is -2.33. The monoisotopic (exact) mass is 314 g/mol. The first-order valence-electron chi connectivity index (χ1n) is 6.61. The largest absolute Gasteiger partial charge is 0.318 e. The van der Waals surface area contributed by atoms with E-state index in [1.807, 2.05) is 0 Å². The van der Waals surface area contributed by atoms with E-state index in [9.17, 15) is 18.5 Å². The molecule has 0 amide bonds. The maximum atomic E-state index is 12.3. The SMILES string of the molecule is CC1CCC(NS(=O)(=O)c2ccc([N+](=O)[O-])c(NN)c2)C1. The molecule has 2 atom stereocenters. The van der Waals surface area contributed by atoms with Gasteiger partial charge in [-0.2, -0.15) is 0 Å². The Kier molecular flexibility index (Phi) is 4.45. The number of hydrazine groups is 1. The third-order valence-corrected chi connectivity index (χ3v) is 5.17. The summed E-state index contributed by atoms with van der Waals surface area (Å²) < 4.78 is 27.2. The van der Waals surface area contributed by atoms with Crippen molar-refractivity contribution in [2.75, 3.05) is 5.43 Å². The van der Waals surface area contributed by atoms with Crippen LogP contribution >= 0.6 is 0 Å². The van der Waals surface area contributed by atoms with Crippen molar-refractivity contribution in [2.24, 2.45) is 11.8 Å². The number of nitrogens with one attached hydrogen (secondary N) is 2. The molecule has 21 heavy (non-hydrogen) atoms. The minimum absolute atomic E-state index is 0.0392. The van der Waals surface area contributed by atoms with E-state index in [1.165, 1.54) is 12.1 Å². The first-order chi connectivity index (χ1) is 9.83.